The van der Waals surface area contributed by atoms with Crippen molar-refractivity contribution in [2.24, 2.45) is 5.92 Å². The molecular weight excluding hydrogens is 232 g/mol. The molecule has 102 valence electrons. The number of hydrogen-bond donors (Lipinski definition) is 0. The molecular formula is C13H22N2O3. The Morgan fingerprint density at radius 1 is 1.39 bits per heavy atom. The van der Waals surface area contributed by atoms with Gasteiger partial charge in [0, 0.05) is 20.1 Å². The number of piperidine rings is 1. The fourth-order valence-corrected chi connectivity index (χ4v) is 2.88. The molecule has 2 saturated heterocycles. The number of likely N-dealkylation sites (tertiary alicyclic amines) is 2. The summed E-state index contributed by atoms with van der Waals surface area (Å²) in [5.74, 6) is 0.0258. The number of carbonyl (C=O) groups excluding carboxylic acids is 2. The predicted octanol–water partition coefficient (Wildman–Crippen LogP) is 0.492. The van der Waals surface area contributed by atoms with E-state index in [1.165, 1.54) is 0 Å². The van der Waals surface area contributed by atoms with Crippen molar-refractivity contribution in [3.05, 3.63) is 0 Å². The maximum Gasteiger partial charge on any atom is 0.310 e. The van der Waals surface area contributed by atoms with Crippen LogP contribution in [0.25, 0.3) is 0 Å². The standard InChI is InChI=1S/C13H22N2O3/c1-3-18-13(17)10-5-4-7-15(9-10)11-6-8-14(2)12(11)16/h10-11H,3-9H2,1-2H3/t10-,11?/m1/s1. The molecule has 2 aliphatic rings. The molecule has 2 rings (SSSR count). The third-order valence-electron chi connectivity index (χ3n) is 3.91. The molecule has 0 aromatic heterocycles. The Morgan fingerprint density at radius 3 is 2.78 bits per heavy atom. The first kappa shape index (κ1) is 13.3. The van der Waals surface area contributed by atoms with Crippen LogP contribution in [-0.2, 0) is 14.3 Å². The van der Waals surface area contributed by atoms with Gasteiger partial charge in [-0.3, -0.25) is 14.5 Å². The van der Waals surface area contributed by atoms with Crippen molar-refractivity contribution in [3.63, 3.8) is 0 Å². The third kappa shape index (κ3) is 2.66. The first-order valence-electron chi connectivity index (χ1n) is 6.79. The quantitative estimate of drug-likeness (QED) is 0.688. The van der Waals surface area contributed by atoms with E-state index >= 15 is 0 Å². The second-order valence-electron chi connectivity index (χ2n) is 5.15. The molecule has 18 heavy (non-hydrogen) atoms. The number of esters is 1. The van der Waals surface area contributed by atoms with Gasteiger partial charge in [-0.15, -0.1) is 0 Å². The zero-order chi connectivity index (χ0) is 13.1. The van der Waals surface area contributed by atoms with Gasteiger partial charge in [-0.1, -0.05) is 0 Å². The normalized spacial score (nSPS) is 29.7. The lowest BCUT2D eigenvalue weighted by Crippen LogP contribution is -2.48. The largest absolute Gasteiger partial charge is 0.466 e. The van der Waals surface area contributed by atoms with Crippen molar-refractivity contribution in [1.82, 2.24) is 9.80 Å². The van der Waals surface area contributed by atoms with Gasteiger partial charge in [0.15, 0.2) is 0 Å². The maximum atomic E-state index is 12.0. The minimum absolute atomic E-state index is 0.0211. The Hall–Kier alpha value is -1.10. The lowest BCUT2D eigenvalue weighted by molar-refractivity contribution is -0.151. The van der Waals surface area contributed by atoms with Crippen molar-refractivity contribution < 1.29 is 14.3 Å². The molecule has 2 fully saturated rings. The minimum atomic E-state index is -0.110. The molecule has 0 aromatic carbocycles. The van der Waals surface area contributed by atoms with Crippen molar-refractivity contribution in [3.8, 4) is 0 Å². The lowest BCUT2D eigenvalue weighted by atomic mass is 9.96. The highest BCUT2D eigenvalue weighted by Gasteiger charge is 2.37. The van der Waals surface area contributed by atoms with Crippen LogP contribution in [0.5, 0.6) is 0 Å². The molecule has 0 saturated carbocycles. The average Bonchev–Trinajstić information content (AvgIpc) is 2.71. The number of likely N-dealkylation sites (N-methyl/N-ethyl adjacent to an activating group) is 1. The zero-order valence-electron chi connectivity index (χ0n) is 11.2. The summed E-state index contributed by atoms with van der Waals surface area (Å²) in [4.78, 5) is 27.7. The van der Waals surface area contributed by atoms with Crippen LogP contribution < -0.4 is 0 Å². The van der Waals surface area contributed by atoms with Crippen LogP contribution in [-0.4, -0.2) is 61.0 Å². The Kier molecular flexibility index (Phi) is 4.22. The predicted molar refractivity (Wildman–Crippen MR) is 67.0 cm³/mol. The first-order valence-corrected chi connectivity index (χ1v) is 6.79. The molecule has 2 aliphatic heterocycles. The molecule has 2 heterocycles. The third-order valence-corrected chi connectivity index (χ3v) is 3.91. The van der Waals surface area contributed by atoms with Gasteiger partial charge in [0.25, 0.3) is 0 Å². The van der Waals surface area contributed by atoms with Crippen LogP contribution in [0.1, 0.15) is 26.2 Å². The second-order valence-corrected chi connectivity index (χ2v) is 5.15. The van der Waals surface area contributed by atoms with E-state index in [-0.39, 0.29) is 23.8 Å². The molecule has 0 aliphatic carbocycles. The highest BCUT2D eigenvalue weighted by atomic mass is 16.5. The molecule has 0 bridgehead atoms. The molecule has 1 amide bonds. The molecule has 1 unspecified atom stereocenters. The SMILES string of the molecule is CCOC(=O)[C@@H]1CCCN(C2CCN(C)C2=O)C1. The summed E-state index contributed by atoms with van der Waals surface area (Å²) in [6, 6.07) is -0.0211. The van der Waals surface area contributed by atoms with Gasteiger partial charge >= 0.3 is 5.97 Å². The summed E-state index contributed by atoms with van der Waals surface area (Å²) < 4.78 is 5.08. The van der Waals surface area contributed by atoms with E-state index in [1.807, 2.05) is 14.0 Å². The number of hydrogen-bond acceptors (Lipinski definition) is 4. The smallest absolute Gasteiger partial charge is 0.310 e. The number of rotatable bonds is 3. The van der Waals surface area contributed by atoms with E-state index in [0.717, 1.165) is 32.4 Å². The number of nitrogens with zero attached hydrogens (tertiary/aromatic N) is 2. The Morgan fingerprint density at radius 2 is 2.17 bits per heavy atom. The summed E-state index contributed by atoms with van der Waals surface area (Å²) in [6.07, 6.45) is 2.73. The average molecular weight is 254 g/mol. The lowest BCUT2D eigenvalue weighted by Gasteiger charge is -2.34. The molecule has 0 radical (unpaired) electrons. The van der Waals surface area contributed by atoms with Crippen LogP contribution in [0, 0.1) is 5.92 Å². The fraction of sp³-hybridized carbons (Fsp3) is 0.846. The van der Waals surface area contributed by atoms with E-state index in [2.05, 4.69) is 4.90 Å². The van der Waals surface area contributed by atoms with Gasteiger partial charge in [0.2, 0.25) is 5.91 Å². The van der Waals surface area contributed by atoms with Crippen LogP contribution >= 0.6 is 0 Å². The monoisotopic (exact) mass is 254 g/mol. The van der Waals surface area contributed by atoms with E-state index in [4.69, 9.17) is 4.74 Å². The van der Waals surface area contributed by atoms with Crippen LogP contribution in [0.4, 0.5) is 0 Å². The van der Waals surface area contributed by atoms with Gasteiger partial charge in [0.05, 0.1) is 18.6 Å². The topological polar surface area (TPSA) is 49.9 Å². The molecule has 5 nitrogen and oxygen atoms in total. The number of ether oxygens (including phenoxy) is 1. The van der Waals surface area contributed by atoms with E-state index in [1.54, 1.807) is 4.90 Å². The van der Waals surface area contributed by atoms with Crippen molar-refractivity contribution >= 4 is 11.9 Å². The Balaban J connectivity index is 1.94. The van der Waals surface area contributed by atoms with Crippen molar-refractivity contribution in [2.75, 3.05) is 33.3 Å². The van der Waals surface area contributed by atoms with Crippen LogP contribution in [0.15, 0.2) is 0 Å². The van der Waals surface area contributed by atoms with E-state index in [0.29, 0.717) is 13.2 Å². The maximum absolute atomic E-state index is 12.0. The van der Waals surface area contributed by atoms with E-state index in [9.17, 15) is 9.59 Å². The van der Waals surface area contributed by atoms with Gasteiger partial charge in [-0.05, 0) is 32.7 Å². The summed E-state index contributed by atoms with van der Waals surface area (Å²) in [6.45, 7) is 4.67. The summed E-state index contributed by atoms with van der Waals surface area (Å²) in [5, 5.41) is 0. The minimum Gasteiger partial charge on any atom is -0.466 e. The summed E-state index contributed by atoms with van der Waals surface area (Å²) in [7, 11) is 1.84. The van der Waals surface area contributed by atoms with E-state index < -0.39 is 0 Å². The fourth-order valence-electron chi connectivity index (χ4n) is 2.88. The van der Waals surface area contributed by atoms with Gasteiger partial charge in [0.1, 0.15) is 0 Å². The zero-order valence-corrected chi connectivity index (χ0v) is 11.2. The summed E-state index contributed by atoms with van der Waals surface area (Å²) >= 11 is 0. The number of amides is 1. The van der Waals surface area contributed by atoms with Gasteiger partial charge in [-0.25, -0.2) is 0 Å². The molecule has 0 N–H and O–H groups in total. The highest BCUT2D eigenvalue weighted by Crippen LogP contribution is 2.24. The first-order chi connectivity index (χ1) is 8.63. The second kappa shape index (κ2) is 5.69. The van der Waals surface area contributed by atoms with Gasteiger partial charge < -0.3 is 9.64 Å². The van der Waals surface area contributed by atoms with Crippen LogP contribution in [0.3, 0.4) is 0 Å². The number of carbonyl (C=O) groups is 2. The molecule has 0 spiro atoms. The van der Waals surface area contributed by atoms with Gasteiger partial charge in [-0.2, -0.15) is 0 Å². The Labute approximate surface area is 108 Å². The molecule has 0 aromatic rings. The van der Waals surface area contributed by atoms with Crippen LogP contribution in [0.2, 0.25) is 0 Å². The van der Waals surface area contributed by atoms with Crippen molar-refractivity contribution in [2.45, 2.75) is 32.2 Å². The molecule has 5 heteroatoms. The Bertz CT molecular complexity index is 332. The summed E-state index contributed by atoms with van der Waals surface area (Å²) in [5.41, 5.74) is 0. The van der Waals surface area contributed by atoms with Crippen molar-refractivity contribution in [1.29, 1.82) is 0 Å². The molecule has 2 atom stereocenters. The highest BCUT2D eigenvalue weighted by molar-refractivity contribution is 5.83.